The van der Waals surface area contributed by atoms with E-state index in [-0.39, 0.29) is 18.1 Å². The lowest BCUT2D eigenvalue weighted by atomic mass is 10.4. The van der Waals surface area contributed by atoms with Gasteiger partial charge in [0.1, 0.15) is 0 Å². The number of nitrogens with zero attached hydrogens (tertiary/aromatic N) is 2. The van der Waals surface area contributed by atoms with Crippen LogP contribution in [0.4, 0.5) is 5.69 Å². The lowest BCUT2D eigenvalue weighted by Gasteiger charge is -2.20. The Morgan fingerprint density at radius 3 is 2.21 bits per heavy atom. The van der Waals surface area contributed by atoms with Crippen LogP contribution < -0.4 is 5.73 Å². The number of nitrogens with two attached hydrogens (primary N) is 1. The van der Waals surface area contributed by atoms with Gasteiger partial charge in [0.2, 0.25) is 0 Å². The third-order valence-corrected chi connectivity index (χ3v) is 4.27. The van der Waals surface area contributed by atoms with Crippen LogP contribution in [0.5, 0.6) is 0 Å². The Hall–Kier alpha value is -1.22. The van der Waals surface area contributed by atoms with Crippen molar-refractivity contribution in [3.05, 3.63) is 18.3 Å². The van der Waals surface area contributed by atoms with Crippen LogP contribution in [-0.2, 0) is 19.5 Å². The van der Waals surface area contributed by atoms with Crippen molar-refractivity contribution >= 4 is 15.7 Å². The predicted molar refractivity (Wildman–Crippen MR) is 71.2 cm³/mol. The fraction of sp³-hybridized carbons (Fsp3) is 0.545. The predicted octanol–water partition coefficient (Wildman–Crippen LogP) is -0.0527. The molecular weight excluding hydrogens is 270 g/mol. The summed E-state index contributed by atoms with van der Waals surface area (Å²) < 4.78 is 35.8. The summed E-state index contributed by atoms with van der Waals surface area (Å²) in [4.78, 5) is 3.85. The molecule has 0 radical (unpaired) electrons. The van der Waals surface area contributed by atoms with Gasteiger partial charge in [-0.25, -0.2) is 13.4 Å². The summed E-state index contributed by atoms with van der Waals surface area (Å²) in [6.07, 6.45) is 1.32. The number of ether oxygens (including phenoxy) is 2. The van der Waals surface area contributed by atoms with Crippen LogP contribution in [0.25, 0.3) is 0 Å². The first-order valence-electron chi connectivity index (χ1n) is 5.72. The largest absolute Gasteiger partial charge is 0.397 e. The number of hydrogen-bond donors (Lipinski definition) is 1. The second-order valence-electron chi connectivity index (χ2n) is 3.82. The Kier molecular flexibility index (Phi) is 6.16. The van der Waals surface area contributed by atoms with Crippen LogP contribution in [0.3, 0.4) is 0 Å². The Balaban J connectivity index is 2.93. The second-order valence-corrected chi connectivity index (χ2v) is 5.70. The van der Waals surface area contributed by atoms with Crippen molar-refractivity contribution < 1.29 is 17.9 Å². The summed E-state index contributed by atoms with van der Waals surface area (Å²) in [5.74, 6) is 0. The minimum absolute atomic E-state index is 0.0334. The Bertz CT molecular complexity index is 467. The van der Waals surface area contributed by atoms with Crippen molar-refractivity contribution in [3.8, 4) is 0 Å². The van der Waals surface area contributed by atoms with Crippen LogP contribution in [0.15, 0.2) is 23.4 Å². The number of sulfonamides is 1. The normalized spacial score (nSPS) is 11.9. The molecule has 108 valence electrons. The molecule has 1 heterocycles. The van der Waals surface area contributed by atoms with E-state index >= 15 is 0 Å². The van der Waals surface area contributed by atoms with Crippen molar-refractivity contribution in [2.45, 2.75) is 5.03 Å². The zero-order chi connectivity index (χ0) is 14.3. The molecular formula is C11H19N3O4S. The van der Waals surface area contributed by atoms with Gasteiger partial charge in [0.25, 0.3) is 10.0 Å². The fourth-order valence-corrected chi connectivity index (χ4v) is 2.74. The van der Waals surface area contributed by atoms with Gasteiger partial charge in [0.05, 0.1) is 25.1 Å². The minimum Gasteiger partial charge on any atom is -0.397 e. The molecule has 0 aliphatic heterocycles. The van der Waals surface area contributed by atoms with Gasteiger partial charge in [-0.2, -0.15) is 4.31 Å². The highest BCUT2D eigenvalue weighted by molar-refractivity contribution is 7.89. The number of aromatic nitrogens is 1. The maximum Gasteiger partial charge on any atom is 0.260 e. The van der Waals surface area contributed by atoms with Crippen molar-refractivity contribution in [2.75, 3.05) is 46.3 Å². The first-order valence-corrected chi connectivity index (χ1v) is 7.16. The van der Waals surface area contributed by atoms with E-state index in [1.807, 2.05) is 0 Å². The maximum atomic E-state index is 12.4. The molecule has 0 saturated carbocycles. The highest BCUT2D eigenvalue weighted by atomic mass is 32.2. The smallest absolute Gasteiger partial charge is 0.260 e. The summed E-state index contributed by atoms with van der Waals surface area (Å²) in [6.45, 7) is 1.10. The highest BCUT2D eigenvalue weighted by Gasteiger charge is 2.25. The van der Waals surface area contributed by atoms with Crippen molar-refractivity contribution in [3.63, 3.8) is 0 Å². The van der Waals surface area contributed by atoms with Gasteiger partial charge >= 0.3 is 0 Å². The van der Waals surface area contributed by atoms with E-state index in [2.05, 4.69) is 4.98 Å². The Morgan fingerprint density at radius 2 is 1.79 bits per heavy atom. The number of anilines is 1. The van der Waals surface area contributed by atoms with E-state index in [0.717, 1.165) is 0 Å². The first kappa shape index (κ1) is 15.8. The van der Waals surface area contributed by atoms with E-state index < -0.39 is 10.0 Å². The molecule has 8 heteroatoms. The molecule has 0 saturated heterocycles. The van der Waals surface area contributed by atoms with E-state index in [4.69, 9.17) is 15.2 Å². The zero-order valence-electron chi connectivity index (χ0n) is 11.1. The first-order chi connectivity index (χ1) is 9.02. The average molecular weight is 289 g/mol. The molecule has 7 nitrogen and oxygen atoms in total. The van der Waals surface area contributed by atoms with Gasteiger partial charge in [-0.05, 0) is 12.1 Å². The highest BCUT2D eigenvalue weighted by Crippen LogP contribution is 2.14. The van der Waals surface area contributed by atoms with E-state index in [1.165, 1.54) is 36.9 Å². The molecule has 1 aromatic heterocycles. The molecule has 0 spiro atoms. The monoisotopic (exact) mass is 289 g/mol. The van der Waals surface area contributed by atoms with E-state index in [9.17, 15) is 8.42 Å². The second kappa shape index (κ2) is 7.39. The summed E-state index contributed by atoms with van der Waals surface area (Å²) in [6, 6.07) is 2.89. The molecule has 1 aromatic rings. The average Bonchev–Trinajstić information content (AvgIpc) is 2.39. The molecule has 2 N–H and O–H groups in total. The van der Waals surface area contributed by atoms with Gasteiger partial charge in [0.15, 0.2) is 5.03 Å². The lowest BCUT2D eigenvalue weighted by molar-refractivity contribution is 0.150. The maximum absolute atomic E-state index is 12.4. The van der Waals surface area contributed by atoms with E-state index in [1.54, 1.807) is 0 Å². The third-order valence-electron chi connectivity index (χ3n) is 2.45. The summed E-state index contributed by atoms with van der Waals surface area (Å²) in [7, 11) is -0.623. The van der Waals surface area contributed by atoms with Crippen molar-refractivity contribution in [1.82, 2.24) is 9.29 Å². The molecule has 0 unspecified atom stereocenters. The number of pyridine rings is 1. The molecule has 0 aromatic carbocycles. The SMILES string of the molecule is COCCN(CCOC)S(=O)(=O)c1ccc(N)cn1. The molecule has 0 aliphatic rings. The van der Waals surface area contributed by atoms with Crippen LogP contribution in [-0.4, -0.2) is 58.2 Å². The number of rotatable bonds is 8. The molecule has 0 bridgehead atoms. The molecule has 0 amide bonds. The van der Waals surface area contributed by atoms with Crippen LogP contribution >= 0.6 is 0 Å². The number of methoxy groups -OCH3 is 2. The van der Waals surface area contributed by atoms with E-state index in [0.29, 0.717) is 18.9 Å². The molecule has 1 rings (SSSR count). The topological polar surface area (TPSA) is 94.8 Å². The van der Waals surface area contributed by atoms with Crippen LogP contribution in [0.2, 0.25) is 0 Å². The summed E-state index contributed by atoms with van der Waals surface area (Å²) in [5, 5.41) is -0.0334. The van der Waals surface area contributed by atoms with Gasteiger partial charge in [-0.3, -0.25) is 0 Å². The Labute approximate surface area is 113 Å². The molecule has 0 aliphatic carbocycles. The van der Waals surface area contributed by atoms with Gasteiger partial charge in [-0.1, -0.05) is 0 Å². The van der Waals surface area contributed by atoms with Crippen molar-refractivity contribution in [1.29, 1.82) is 0 Å². The Morgan fingerprint density at radius 1 is 1.21 bits per heavy atom. The molecule has 0 fully saturated rings. The van der Waals surface area contributed by atoms with Crippen LogP contribution in [0, 0.1) is 0 Å². The number of hydrogen-bond acceptors (Lipinski definition) is 6. The third kappa shape index (κ3) is 4.43. The standard InChI is InChI=1S/C11H19N3O4S/c1-17-7-5-14(6-8-18-2)19(15,16)11-4-3-10(12)9-13-11/h3-4,9H,5-8,12H2,1-2H3. The van der Waals surface area contributed by atoms with Crippen molar-refractivity contribution in [2.24, 2.45) is 0 Å². The fourth-order valence-electron chi connectivity index (χ4n) is 1.41. The molecule has 0 atom stereocenters. The minimum atomic E-state index is -3.66. The van der Waals surface area contributed by atoms with Crippen LogP contribution in [0.1, 0.15) is 0 Å². The van der Waals surface area contributed by atoms with Gasteiger partial charge in [-0.15, -0.1) is 0 Å². The quantitative estimate of drug-likeness (QED) is 0.721. The summed E-state index contributed by atoms with van der Waals surface area (Å²) >= 11 is 0. The van der Waals surface area contributed by atoms with Gasteiger partial charge < -0.3 is 15.2 Å². The number of nitrogen functional groups attached to an aromatic ring is 1. The lowest BCUT2D eigenvalue weighted by Crippen LogP contribution is -2.36. The molecule has 19 heavy (non-hydrogen) atoms. The zero-order valence-corrected chi connectivity index (χ0v) is 11.9. The summed E-state index contributed by atoms with van der Waals surface area (Å²) in [5.41, 5.74) is 5.91. The van der Waals surface area contributed by atoms with Gasteiger partial charge in [0, 0.05) is 27.3 Å².